The first-order valence-corrected chi connectivity index (χ1v) is 12.2. The molecule has 1 unspecified atom stereocenters. The van der Waals surface area contributed by atoms with Gasteiger partial charge >= 0.3 is 0 Å². The van der Waals surface area contributed by atoms with E-state index in [9.17, 15) is 9.00 Å². The van der Waals surface area contributed by atoms with Gasteiger partial charge in [0.2, 0.25) is 5.95 Å². The Morgan fingerprint density at radius 2 is 1.82 bits per heavy atom. The van der Waals surface area contributed by atoms with Gasteiger partial charge in [0.25, 0.3) is 5.91 Å². The van der Waals surface area contributed by atoms with Gasteiger partial charge in [-0.15, -0.1) is 0 Å². The van der Waals surface area contributed by atoms with Gasteiger partial charge in [0.05, 0.1) is 34.0 Å². The van der Waals surface area contributed by atoms with Gasteiger partial charge in [0.15, 0.2) is 0 Å². The highest BCUT2D eigenvalue weighted by Gasteiger charge is 2.22. The van der Waals surface area contributed by atoms with Crippen LogP contribution in [-0.4, -0.2) is 61.0 Å². The van der Waals surface area contributed by atoms with Crippen LogP contribution in [0.5, 0.6) is 5.75 Å². The fourth-order valence-electron chi connectivity index (χ4n) is 4.10. The summed E-state index contributed by atoms with van der Waals surface area (Å²) in [6.07, 6.45) is 10.5. The van der Waals surface area contributed by atoms with Crippen LogP contribution in [0.2, 0.25) is 0 Å². The average molecular weight is 462 g/mol. The Hall–Kier alpha value is -3.59. The molecule has 0 aliphatic carbocycles. The number of rotatable bonds is 5. The highest BCUT2D eigenvalue weighted by atomic mass is 32.2. The molecule has 0 saturated carbocycles. The first-order valence-electron chi connectivity index (χ1n) is 10.7. The molecule has 9 heteroatoms. The second-order valence-corrected chi connectivity index (χ2v) is 9.25. The maximum absolute atomic E-state index is 12.9. The monoisotopic (exact) mass is 461 g/mol. The lowest BCUT2D eigenvalue weighted by Gasteiger charge is -2.15. The van der Waals surface area contributed by atoms with Crippen LogP contribution in [0.3, 0.4) is 0 Å². The van der Waals surface area contributed by atoms with Crippen LogP contribution in [0.4, 0.5) is 0 Å². The number of likely N-dealkylation sites (tertiary alicyclic amines) is 1. The number of fused-ring (bicyclic) bond motifs is 1. The fourth-order valence-corrected chi connectivity index (χ4v) is 4.84. The Balaban J connectivity index is 1.56. The molecule has 0 bridgehead atoms. The van der Waals surface area contributed by atoms with Crippen molar-refractivity contribution in [1.29, 1.82) is 0 Å². The van der Waals surface area contributed by atoms with E-state index in [4.69, 9.17) is 4.74 Å². The molecule has 4 aromatic rings. The summed E-state index contributed by atoms with van der Waals surface area (Å²) in [4.78, 5) is 28.9. The number of hydrogen-bond donors (Lipinski definition) is 0. The lowest BCUT2D eigenvalue weighted by atomic mass is 10.1. The van der Waals surface area contributed by atoms with Crippen molar-refractivity contribution in [2.45, 2.75) is 17.7 Å². The molecule has 1 fully saturated rings. The SMILES string of the molecule is COc1ccnc(-c2cnc(-n3cc(S(C)=O)c4ccc(C(=O)N5CCCC5)cc43)nc2)c1. The third-order valence-corrected chi connectivity index (χ3v) is 6.78. The molecular formula is C24H23N5O3S. The summed E-state index contributed by atoms with van der Waals surface area (Å²) in [5.74, 6) is 1.14. The summed E-state index contributed by atoms with van der Waals surface area (Å²) in [6, 6.07) is 9.10. The number of nitrogens with zero attached hydrogens (tertiary/aromatic N) is 5. The lowest BCUT2D eigenvalue weighted by Crippen LogP contribution is -2.27. The van der Waals surface area contributed by atoms with Crippen molar-refractivity contribution >= 4 is 27.6 Å². The van der Waals surface area contributed by atoms with Crippen LogP contribution >= 0.6 is 0 Å². The van der Waals surface area contributed by atoms with E-state index in [1.807, 2.05) is 29.2 Å². The van der Waals surface area contributed by atoms with Crippen molar-refractivity contribution in [3.63, 3.8) is 0 Å². The Kier molecular flexibility index (Phi) is 5.63. The molecule has 1 amide bonds. The zero-order chi connectivity index (χ0) is 22.9. The number of pyridine rings is 1. The predicted molar refractivity (Wildman–Crippen MR) is 126 cm³/mol. The van der Waals surface area contributed by atoms with Gasteiger partial charge in [-0.1, -0.05) is 6.07 Å². The number of amides is 1. The zero-order valence-electron chi connectivity index (χ0n) is 18.4. The molecule has 4 heterocycles. The summed E-state index contributed by atoms with van der Waals surface area (Å²) < 4.78 is 19.4. The number of carbonyl (C=O) groups excluding carboxylic acids is 1. The summed E-state index contributed by atoms with van der Waals surface area (Å²) in [5.41, 5.74) is 2.80. The van der Waals surface area contributed by atoms with Crippen molar-refractivity contribution in [3.8, 4) is 23.0 Å². The van der Waals surface area contributed by atoms with Crippen molar-refractivity contribution in [2.24, 2.45) is 0 Å². The molecule has 3 aromatic heterocycles. The van der Waals surface area contributed by atoms with E-state index in [-0.39, 0.29) is 5.91 Å². The van der Waals surface area contributed by atoms with Gasteiger partial charge in [-0.3, -0.25) is 18.6 Å². The Labute approximate surface area is 193 Å². The normalized spacial score (nSPS) is 14.5. The number of aromatic nitrogens is 4. The smallest absolute Gasteiger partial charge is 0.253 e. The third-order valence-electron chi connectivity index (χ3n) is 5.84. The van der Waals surface area contributed by atoms with E-state index in [1.165, 1.54) is 0 Å². The number of methoxy groups -OCH3 is 1. The molecule has 1 aromatic carbocycles. The molecule has 0 radical (unpaired) electrons. The van der Waals surface area contributed by atoms with Crippen molar-refractivity contribution in [1.82, 2.24) is 24.4 Å². The van der Waals surface area contributed by atoms with Gasteiger partial charge in [-0.2, -0.15) is 0 Å². The van der Waals surface area contributed by atoms with E-state index in [2.05, 4.69) is 15.0 Å². The van der Waals surface area contributed by atoms with Gasteiger partial charge in [0, 0.05) is 66.7 Å². The van der Waals surface area contributed by atoms with E-state index in [0.29, 0.717) is 27.9 Å². The average Bonchev–Trinajstić information content (AvgIpc) is 3.52. The minimum atomic E-state index is -1.21. The summed E-state index contributed by atoms with van der Waals surface area (Å²) >= 11 is 0. The van der Waals surface area contributed by atoms with Crippen molar-refractivity contribution < 1.29 is 13.7 Å². The minimum absolute atomic E-state index is 0.0155. The molecule has 0 N–H and O–H groups in total. The van der Waals surface area contributed by atoms with Crippen LogP contribution in [0.25, 0.3) is 28.1 Å². The van der Waals surface area contributed by atoms with Gasteiger partial charge in [-0.05, 0) is 31.0 Å². The first-order chi connectivity index (χ1) is 16.0. The second kappa shape index (κ2) is 8.74. The van der Waals surface area contributed by atoms with Crippen molar-refractivity contribution in [3.05, 3.63) is 60.7 Å². The highest BCUT2D eigenvalue weighted by Crippen LogP contribution is 2.28. The fraction of sp³-hybridized carbons (Fsp3) is 0.250. The maximum Gasteiger partial charge on any atom is 0.253 e. The van der Waals surface area contributed by atoms with E-state index < -0.39 is 10.8 Å². The van der Waals surface area contributed by atoms with E-state index in [0.717, 1.165) is 42.4 Å². The van der Waals surface area contributed by atoms with E-state index >= 15 is 0 Å². The lowest BCUT2D eigenvalue weighted by molar-refractivity contribution is 0.0793. The van der Waals surface area contributed by atoms with Gasteiger partial charge < -0.3 is 9.64 Å². The number of ether oxygens (including phenoxy) is 1. The first kappa shape index (κ1) is 21.3. The molecule has 1 aliphatic rings. The molecule has 33 heavy (non-hydrogen) atoms. The number of carbonyl (C=O) groups is 1. The molecule has 1 saturated heterocycles. The quantitative estimate of drug-likeness (QED) is 0.452. The molecule has 5 rings (SSSR count). The van der Waals surface area contributed by atoms with Gasteiger partial charge in [0.1, 0.15) is 5.75 Å². The van der Waals surface area contributed by atoms with Crippen LogP contribution in [0.15, 0.2) is 60.0 Å². The molecule has 8 nitrogen and oxygen atoms in total. The van der Waals surface area contributed by atoms with Crippen molar-refractivity contribution in [2.75, 3.05) is 26.5 Å². The second-order valence-electron chi connectivity index (χ2n) is 7.90. The van der Waals surface area contributed by atoms with Crippen LogP contribution in [0.1, 0.15) is 23.2 Å². The standard InChI is InChI=1S/C24H23N5O3S/c1-32-18-7-8-25-20(12-18)17-13-26-24(27-14-17)29-15-22(33(2)31)19-6-5-16(11-21(19)29)23(30)28-9-3-4-10-28/h5-8,11-15H,3-4,9-10H2,1-2H3. The Bertz CT molecular complexity index is 1360. The number of hydrogen-bond acceptors (Lipinski definition) is 6. The Morgan fingerprint density at radius 1 is 1.06 bits per heavy atom. The topological polar surface area (TPSA) is 90.2 Å². The number of benzene rings is 1. The highest BCUT2D eigenvalue weighted by molar-refractivity contribution is 7.84. The predicted octanol–water partition coefficient (Wildman–Crippen LogP) is 3.46. The van der Waals surface area contributed by atoms with Crippen LogP contribution in [-0.2, 0) is 10.8 Å². The van der Waals surface area contributed by atoms with Crippen LogP contribution < -0.4 is 4.74 Å². The maximum atomic E-state index is 12.9. The zero-order valence-corrected chi connectivity index (χ0v) is 19.2. The summed E-state index contributed by atoms with van der Waals surface area (Å²) in [6.45, 7) is 1.57. The molecule has 1 atom stereocenters. The third kappa shape index (κ3) is 4.00. The minimum Gasteiger partial charge on any atom is -0.497 e. The molecular weight excluding hydrogens is 438 g/mol. The molecule has 168 valence electrons. The van der Waals surface area contributed by atoms with Crippen LogP contribution in [0, 0.1) is 0 Å². The summed E-state index contributed by atoms with van der Waals surface area (Å²) in [7, 11) is 0.396. The molecule has 0 spiro atoms. The van der Waals surface area contributed by atoms with Gasteiger partial charge in [-0.25, -0.2) is 9.97 Å². The molecule has 1 aliphatic heterocycles. The summed E-state index contributed by atoms with van der Waals surface area (Å²) in [5, 5.41) is 0.816. The Morgan fingerprint density at radius 3 is 2.52 bits per heavy atom. The van der Waals surface area contributed by atoms with E-state index in [1.54, 1.807) is 48.8 Å². The largest absolute Gasteiger partial charge is 0.497 e.